The third-order valence-corrected chi connectivity index (χ3v) is 5.71. The lowest BCUT2D eigenvalue weighted by atomic mass is 9.92. The van der Waals surface area contributed by atoms with Crippen LogP contribution in [0.2, 0.25) is 0 Å². The summed E-state index contributed by atoms with van der Waals surface area (Å²) in [5.74, 6) is 0. The largest absolute Gasteiger partial charge is 0.310 e. The summed E-state index contributed by atoms with van der Waals surface area (Å²) < 4.78 is 1.22. The van der Waals surface area contributed by atoms with Crippen molar-refractivity contribution in [2.75, 3.05) is 19.6 Å². The van der Waals surface area contributed by atoms with Crippen molar-refractivity contribution in [3.05, 3.63) is 20.8 Å². The van der Waals surface area contributed by atoms with Gasteiger partial charge in [0.15, 0.2) is 0 Å². The molecule has 18 heavy (non-hydrogen) atoms. The van der Waals surface area contributed by atoms with Gasteiger partial charge in [-0.05, 0) is 54.3 Å². The lowest BCUT2D eigenvalue weighted by Gasteiger charge is -2.35. The number of rotatable bonds is 4. The Labute approximate surface area is 123 Å². The summed E-state index contributed by atoms with van der Waals surface area (Å²) in [6.07, 6.45) is 3.69. The molecule has 0 amide bonds. The van der Waals surface area contributed by atoms with E-state index in [1.807, 2.05) is 11.3 Å². The molecule has 1 N–H and O–H groups in total. The van der Waals surface area contributed by atoms with E-state index >= 15 is 0 Å². The van der Waals surface area contributed by atoms with Crippen molar-refractivity contribution in [3.8, 4) is 0 Å². The van der Waals surface area contributed by atoms with Crippen molar-refractivity contribution in [2.45, 2.75) is 45.2 Å². The second kappa shape index (κ2) is 6.51. The summed E-state index contributed by atoms with van der Waals surface area (Å²) >= 11 is 5.40. The summed E-state index contributed by atoms with van der Waals surface area (Å²) in [6.45, 7) is 9.26. The van der Waals surface area contributed by atoms with Gasteiger partial charge in [0.2, 0.25) is 0 Å². The Morgan fingerprint density at radius 3 is 2.83 bits per heavy atom. The summed E-state index contributed by atoms with van der Waals surface area (Å²) in [4.78, 5) is 4.08. The Bertz CT molecular complexity index is 374. The van der Waals surface area contributed by atoms with Gasteiger partial charge in [0, 0.05) is 33.4 Å². The van der Waals surface area contributed by atoms with E-state index in [1.165, 1.54) is 41.7 Å². The Hall–Kier alpha value is 0.1000. The van der Waals surface area contributed by atoms with Crippen LogP contribution >= 0.6 is 27.3 Å². The molecular formula is C14H23BrN2S. The van der Waals surface area contributed by atoms with Crippen LogP contribution in [0.25, 0.3) is 0 Å². The monoisotopic (exact) mass is 330 g/mol. The van der Waals surface area contributed by atoms with E-state index in [4.69, 9.17) is 0 Å². The van der Waals surface area contributed by atoms with E-state index in [-0.39, 0.29) is 0 Å². The maximum atomic E-state index is 3.77. The Balaban J connectivity index is 2.03. The van der Waals surface area contributed by atoms with E-state index < -0.39 is 0 Å². The van der Waals surface area contributed by atoms with Crippen molar-refractivity contribution in [1.82, 2.24) is 10.2 Å². The van der Waals surface area contributed by atoms with Crippen LogP contribution in [0.5, 0.6) is 0 Å². The molecule has 102 valence electrons. The molecule has 0 saturated carbocycles. The van der Waals surface area contributed by atoms with Crippen LogP contribution < -0.4 is 5.32 Å². The second-order valence-corrected chi connectivity index (χ2v) is 7.12. The van der Waals surface area contributed by atoms with E-state index in [1.54, 1.807) is 0 Å². The second-order valence-electron chi connectivity index (χ2n) is 5.21. The van der Waals surface area contributed by atoms with Gasteiger partial charge in [-0.3, -0.25) is 4.90 Å². The fourth-order valence-corrected chi connectivity index (χ4v) is 4.23. The van der Waals surface area contributed by atoms with Crippen LogP contribution in [-0.4, -0.2) is 30.1 Å². The first-order chi connectivity index (χ1) is 8.67. The van der Waals surface area contributed by atoms with Crippen LogP contribution in [0.15, 0.2) is 15.9 Å². The molecule has 4 heteroatoms. The van der Waals surface area contributed by atoms with Crippen molar-refractivity contribution in [3.63, 3.8) is 0 Å². The zero-order valence-corrected chi connectivity index (χ0v) is 13.7. The van der Waals surface area contributed by atoms with Gasteiger partial charge in [-0.2, -0.15) is 0 Å². The topological polar surface area (TPSA) is 15.3 Å². The van der Waals surface area contributed by atoms with Crippen LogP contribution in [-0.2, 0) is 6.54 Å². The highest BCUT2D eigenvalue weighted by Gasteiger charge is 2.30. The lowest BCUT2D eigenvalue weighted by molar-refractivity contribution is 0.192. The fraction of sp³-hybridized carbons (Fsp3) is 0.714. The maximum absolute atomic E-state index is 3.77. The SMILES string of the molecule is CCC1(CC)CN(Cc2cc(Br)cs2)CCCN1. The number of halogens is 1. The third-order valence-electron chi connectivity index (χ3n) is 4.03. The van der Waals surface area contributed by atoms with E-state index in [9.17, 15) is 0 Å². The molecule has 1 saturated heterocycles. The first-order valence-corrected chi connectivity index (χ1v) is 8.55. The zero-order chi connectivity index (χ0) is 13.0. The standard InChI is InChI=1S/C14H23BrN2S/c1-3-14(4-2)11-17(7-5-6-16-14)9-13-8-12(15)10-18-13/h8,10,16H,3-7,9,11H2,1-2H3. The average molecular weight is 331 g/mol. The van der Waals surface area contributed by atoms with E-state index in [0.29, 0.717) is 5.54 Å². The summed E-state index contributed by atoms with van der Waals surface area (Å²) in [5.41, 5.74) is 0.324. The number of hydrogen-bond acceptors (Lipinski definition) is 3. The molecule has 0 bridgehead atoms. The van der Waals surface area contributed by atoms with Gasteiger partial charge in [-0.25, -0.2) is 0 Å². The van der Waals surface area contributed by atoms with Crippen molar-refractivity contribution in [2.24, 2.45) is 0 Å². The quantitative estimate of drug-likeness (QED) is 0.901. The molecule has 1 aliphatic heterocycles. The smallest absolute Gasteiger partial charge is 0.0329 e. The van der Waals surface area contributed by atoms with Crippen molar-refractivity contribution >= 4 is 27.3 Å². The lowest BCUT2D eigenvalue weighted by Crippen LogP contribution is -2.50. The molecule has 0 unspecified atom stereocenters. The molecule has 1 aliphatic rings. The maximum Gasteiger partial charge on any atom is 0.0329 e. The van der Waals surface area contributed by atoms with Gasteiger partial charge in [0.1, 0.15) is 0 Å². The van der Waals surface area contributed by atoms with E-state index in [0.717, 1.165) is 13.1 Å². The number of thiophene rings is 1. The zero-order valence-electron chi connectivity index (χ0n) is 11.3. The Kier molecular flexibility index (Phi) is 5.24. The summed E-state index contributed by atoms with van der Waals surface area (Å²) in [6, 6.07) is 2.25. The summed E-state index contributed by atoms with van der Waals surface area (Å²) in [7, 11) is 0. The van der Waals surface area contributed by atoms with Gasteiger partial charge >= 0.3 is 0 Å². The van der Waals surface area contributed by atoms with Crippen LogP contribution in [0.4, 0.5) is 0 Å². The number of nitrogens with one attached hydrogen (secondary N) is 1. The molecule has 0 aliphatic carbocycles. The molecule has 0 radical (unpaired) electrons. The number of hydrogen-bond donors (Lipinski definition) is 1. The van der Waals surface area contributed by atoms with Crippen molar-refractivity contribution in [1.29, 1.82) is 0 Å². The predicted molar refractivity (Wildman–Crippen MR) is 83.2 cm³/mol. The van der Waals surface area contributed by atoms with Gasteiger partial charge in [0.05, 0.1) is 0 Å². The Morgan fingerprint density at radius 2 is 2.22 bits per heavy atom. The molecule has 2 heterocycles. The molecule has 1 aromatic rings. The third kappa shape index (κ3) is 3.56. The first kappa shape index (κ1) is 14.5. The van der Waals surface area contributed by atoms with Crippen LogP contribution in [0, 0.1) is 0 Å². The van der Waals surface area contributed by atoms with Crippen LogP contribution in [0.1, 0.15) is 38.0 Å². The molecule has 2 nitrogen and oxygen atoms in total. The highest BCUT2D eigenvalue weighted by Crippen LogP contribution is 2.24. The highest BCUT2D eigenvalue weighted by molar-refractivity contribution is 9.10. The minimum Gasteiger partial charge on any atom is -0.310 e. The molecule has 2 rings (SSSR count). The minimum absolute atomic E-state index is 0.324. The molecule has 0 atom stereocenters. The molecule has 1 fully saturated rings. The molecular weight excluding hydrogens is 308 g/mol. The van der Waals surface area contributed by atoms with Gasteiger partial charge in [0.25, 0.3) is 0 Å². The van der Waals surface area contributed by atoms with E-state index in [2.05, 4.69) is 51.4 Å². The number of nitrogens with zero attached hydrogens (tertiary/aromatic N) is 1. The van der Waals surface area contributed by atoms with Crippen LogP contribution in [0.3, 0.4) is 0 Å². The normalized spacial score (nSPS) is 20.8. The highest BCUT2D eigenvalue weighted by atomic mass is 79.9. The molecule has 0 spiro atoms. The first-order valence-electron chi connectivity index (χ1n) is 6.88. The average Bonchev–Trinajstić information content (AvgIpc) is 2.66. The molecule has 0 aromatic carbocycles. The minimum atomic E-state index is 0.324. The molecule has 1 aromatic heterocycles. The van der Waals surface area contributed by atoms with Crippen molar-refractivity contribution < 1.29 is 0 Å². The Morgan fingerprint density at radius 1 is 1.44 bits per heavy atom. The fourth-order valence-electron chi connectivity index (χ4n) is 2.73. The van der Waals surface area contributed by atoms with Gasteiger partial charge < -0.3 is 5.32 Å². The van der Waals surface area contributed by atoms with Gasteiger partial charge in [-0.15, -0.1) is 11.3 Å². The predicted octanol–water partition coefficient (Wildman–Crippen LogP) is 3.86. The summed E-state index contributed by atoms with van der Waals surface area (Å²) in [5, 5.41) is 5.95. The van der Waals surface area contributed by atoms with Gasteiger partial charge in [-0.1, -0.05) is 13.8 Å².